The van der Waals surface area contributed by atoms with Gasteiger partial charge in [0.05, 0.1) is 33.0 Å². The van der Waals surface area contributed by atoms with Crippen LogP contribution in [-0.4, -0.2) is 24.1 Å². The van der Waals surface area contributed by atoms with Gasteiger partial charge in [-0.25, -0.2) is 0 Å². The summed E-state index contributed by atoms with van der Waals surface area (Å²) in [5.74, 6) is 1.48. The average molecular weight is 1030 g/mol. The van der Waals surface area contributed by atoms with Gasteiger partial charge in [-0.15, -0.1) is 0 Å². The van der Waals surface area contributed by atoms with E-state index in [1.54, 1.807) is 0 Å². The van der Waals surface area contributed by atoms with Crippen molar-refractivity contribution < 1.29 is 14.0 Å². The normalized spacial score (nSPS) is 29.2. The fourth-order valence-corrected chi connectivity index (χ4v) is 19.1. The highest BCUT2D eigenvalue weighted by Gasteiger charge is 2.76. The fourth-order valence-electron chi connectivity index (χ4n) is 19.1. The van der Waals surface area contributed by atoms with Gasteiger partial charge in [-0.05, 0) is 126 Å². The smallest absolute Gasteiger partial charge is 0.379 e. The van der Waals surface area contributed by atoms with E-state index in [-0.39, 0.29) is 17.8 Å². The van der Waals surface area contributed by atoms with Crippen LogP contribution in [0.1, 0.15) is 126 Å². The Labute approximate surface area is 468 Å². The van der Waals surface area contributed by atoms with Crippen LogP contribution in [0.5, 0.6) is 0 Å². The molecule has 6 aliphatic rings. The third-order valence-corrected chi connectivity index (χ3v) is 21.3. The van der Waals surface area contributed by atoms with Crippen molar-refractivity contribution in [3.8, 4) is 0 Å². The van der Waals surface area contributed by atoms with E-state index in [1.165, 1.54) is 50.1 Å². The molecule has 0 aliphatic heterocycles. The SMILES string of the molecule is c1ccc(C2C3CCC(OB(OC45CCC(C4)C(c4ccccc4)C5(c4ccccc4)c4ccccc4)OC45CCC(C4)C(c4ccccc4)C5(c4ccccc4)c4ccccc4)(C3)C2(c2ccccc2)c2ccccc2)cc1. The highest BCUT2D eigenvalue weighted by atomic mass is 16.8. The molecule has 9 aromatic carbocycles. The van der Waals surface area contributed by atoms with Gasteiger partial charge < -0.3 is 14.0 Å². The van der Waals surface area contributed by atoms with Crippen LogP contribution in [0.25, 0.3) is 0 Å². The van der Waals surface area contributed by atoms with Gasteiger partial charge in [0.25, 0.3) is 0 Å². The molecule has 0 saturated heterocycles. The van der Waals surface area contributed by atoms with Gasteiger partial charge in [-0.2, -0.15) is 0 Å². The minimum Gasteiger partial charge on any atom is -0.379 e. The zero-order valence-corrected chi connectivity index (χ0v) is 45.1. The van der Waals surface area contributed by atoms with Crippen molar-refractivity contribution in [2.24, 2.45) is 17.8 Å². The van der Waals surface area contributed by atoms with E-state index in [2.05, 4.69) is 273 Å². The number of fused-ring (bicyclic) bond motifs is 6. The van der Waals surface area contributed by atoms with Gasteiger partial charge in [-0.3, -0.25) is 0 Å². The maximum absolute atomic E-state index is 8.75. The molecule has 9 aromatic rings. The lowest BCUT2D eigenvalue weighted by Gasteiger charge is -2.56. The van der Waals surface area contributed by atoms with E-state index in [0.717, 1.165) is 57.8 Å². The Kier molecular flexibility index (Phi) is 12.0. The Morgan fingerprint density at radius 2 is 0.443 bits per heavy atom. The minimum absolute atomic E-state index is 0.138. The molecule has 79 heavy (non-hydrogen) atoms. The Bertz CT molecular complexity index is 3020. The van der Waals surface area contributed by atoms with Crippen LogP contribution < -0.4 is 0 Å². The summed E-state index contributed by atoms with van der Waals surface area (Å²) >= 11 is 0. The maximum atomic E-state index is 8.75. The first-order valence-corrected chi connectivity index (χ1v) is 29.6. The van der Waals surface area contributed by atoms with Crippen LogP contribution in [0.4, 0.5) is 0 Å². The standard InChI is InChI=1S/C75H69BO3/c1-10-28-55(29-11-1)67-58-46-49-70(52-58,73(67,61-34-16-4-17-35-61)62-36-18-5-19-37-62)77-76(78-71-50-47-59(53-71)68(56-30-12-2-13-31-56)74(71,63-38-20-6-21-39-63)64-40-22-7-23-41-64)79-72-51-48-60(54-72)69(57-32-14-3-15-33-57)75(72,65-42-24-8-25-43-65)66-44-26-9-27-45-66/h1-45,58-60,67-69H,46-54H2. The molecule has 9 unspecified atom stereocenters. The van der Waals surface area contributed by atoms with Gasteiger partial charge in [0.1, 0.15) is 0 Å². The molecular formula is C75H69BO3. The number of benzene rings is 9. The highest BCUT2D eigenvalue weighted by Crippen LogP contribution is 2.75. The van der Waals surface area contributed by atoms with Crippen LogP contribution >= 0.6 is 0 Å². The first-order chi connectivity index (χ1) is 39.1. The average Bonchev–Trinajstić information content (AvgIpc) is 2.30. The highest BCUT2D eigenvalue weighted by molar-refractivity contribution is 6.37. The van der Waals surface area contributed by atoms with Gasteiger partial charge in [0, 0.05) is 17.8 Å². The van der Waals surface area contributed by atoms with Crippen molar-refractivity contribution in [1.82, 2.24) is 0 Å². The molecular weight excluding hydrogens is 960 g/mol. The van der Waals surface area contributed by atoms with E-state index in [9.17, 15) is 0 Å². The van der Waals surface area contributed by atoms with Crippen molar-refractivity contribution in [3.63, 3.8) is 0 Å². The number of hydrogen-bond donors (Lipinski definition) is 0. The lowest BCUT2D eigenvalue weighted by atomic mass is 9.54. The molecule has 390 valence electrons. The van der Waals surface area contributed by atoms with Crippen molar-refractivity contribution in [1.29, 1.82) is 0 Å². The molecule has 9 atom stereocenters. The molecule has 0 radical (unpaired) electrons. The van der Waals surface area contributed by atoms with Crippen LogP contribution in [0.15, 0.2) is 273 Å². The predicted molar refractivity (Wildman–Crippen MR) is 318 cm³/mol. The summed E-state index contributed by atoms with van der Waals surface area (Å²) in [6.45, 7) is 0. The molecule has 4 heteroatoms. The maximum Gasteiger partial charge on any atom is 0.640 e. The Hall–Kier alpha value is -7.08. The van der Waals surface area contributed by atoms with E-state index in [4.69, 9.17) is 14.0 Å². The molecule has 6 saturated carbocycles. The first-order valence-electron chi connectivity index (χ1n) is 29.6. The van der Waals surface area contributed by atoms with Crippen LogP contribution in [0.2, 0.25) is 0 Å². The predicted octanol–water partition coefficient (Wildman–Crippen LogP) is 17.0. The van der Waals surface area contributed by atoms with Crippen LogP contribution in [-0.2, 0) is 30.2 Å². The Morgan fingerprint density at radius 1 is 0.253 bits per heavy atom. The zero-order valence-electron chi connectivity index (χ0n) is 45.1. The Balaban J connectivity index is 0.996. The quantitative estimate of drug-likeness (QED) is 0.0958. The lowest BCUT2D eigenvalue weighted by molar-refractivity contribution is -0.123. The largest absolute Gasteiger partial charge is 0.640 e. The molecule has 3 nitrogen and oxygen atoms in total. The summed E-state index contributed by atoms with van der Waals surface area (Å²) in [7, 11) is -1.06. The van der Waals surface area contributed by atoms with Crippen molar-refractivity contribution in [2.75, 3.05) is 0 Å². The second kappa shape index (κ2) is 19.3. The molecule has 0 amide bonds. The molecule has 15 rings (SSSR count). The zero-order chi connectivity index (χ0) is 52.5. The molecule has 6 bridgehead atoms. The molecule has 0 aromatic heterocycles. The topological polar surface area (TPSA) is 27.7 Å². The van der Waals surface area contributed by atoms with Gasteiger partial charge >= 0.3 is 7.32 Å². The van der Waals surface area contributed by atoms with E-state index in [1.807, 2.05) is 0 Å². The molecule has 0 spiro atoms. The molecule has 6 fully saturated rings. The third kappa shape index (κ3) is 7.09. The van der Waals surface area contributed by atoms with Crippen LogP contribution in [0, 0.1) is 17.8 Å². The van der Waals surface area contributed by atoms with Crippen molar-refractivity contribution in [3.05, 3.63) is 323 Å². The fraction of sp³-hybridized carbons (Fsp3) is 0.280. The second-order valence-electron chi connectivity index (χ2n) is 24.4. The van der Waals surface area contributed by atoms with E-state index in [0.29, 0.717) is 17.8 Å². The van der Waals surface area contributed by atoms with Crippen molar-refractivity contribution >= 4 is 7.32 Å². The van der Waals surface area contributed by atoms with Crippen molar-refractivity contribution in [2.45, 2.75) is 109 Å². The third-order valence-electron chi connectivity index (χ3n) is 21.3. The van der Waals surface area contributed by atoms with Crippen LogP contribution in [0.3, 0.4) is 0 Å². The Morgan fingerprint density at radius 3 is 0.646 bits per heavy atom. The van der Waals surface area contributed by atoms with Gasteiger partial charge in [-0.1, -0.05) is 273 Å². The summed E-state index contributed by atoms with van der Waals surface area (Å²) in [6.07, 6.45) is 8.44. The van der Waals surface area contributed by atoms with E-state index >= 15 is 0 Å². The first kappa shape index (κ1) is 49.0. The monoisotopic (exact) mass is 1030 g/mol. The summed E-state index contributed by atoms with van der Waals surface area (Å²) in [5.41, 5.74) is 7.85. The summed E-state index contributed by atoms with van der Waals surface area (Å²) in [4.78, 5) is 0. The minimum atomic E-state index is -1.06. The number of hydrogen-bond acceptors (Lipinski definition) is 3. The summed E-state index contributed by atoms with van der Waals surface area (Å²) in [5, 5.41) is 0. The van der Waals surface area contributed by atoms with Gasteiger partial charge in [0.15, 0.2) is 0 Å². The second-order valence-corrected chi connectivity index (χ2v) is 24.4. The molecule has 6 aliphatic carbocycles. The van der Waals surface area contributed by atoms with E-state index < -0.39 is 40.4 Å². The summed E-state index contributed by atoms with van der Waals surface area (Å²) < 4.78 is 26.2. The lowest BCUT2D eigenvalue weighted by Crippen LogP contribution is -2.63. The van der Waals surface area contributed by atoms with Gasteiger partial charge in [0.2, 0.25) is 0 Å². The molecule has 0 N–H and O–H groups in total. The molecule has 0 heterocycles. The summed E-state index contributed by atoms with van der Waals surface area (Å²) in [6, 6.07) is 103. The number of rotatable bonds is 15.